The van der Waals surface area contributed by atoms with Gasteiger partial charge in [-0.3, -0.25) is 4.57 Å². The number of halogens is 1. The molecule has 0 bridgehead atoms. The lowest BCUT2D eigenvalue weighted by atomic mass is 10.1. The van der Waals surface area contributed by atoms with Gasteiger partial charge in [0.15, 0.2) is 23.2 Å². The zero-order valence-electron chi connectivity index (χ0n) is 11.0. The highest BCUT2D eigenvalue weighted by molar-refractivity contribution is 5.81. The number of nitrogen functional groups attached to an aromatic ring is 1. The van der Waals surface area contributed by atoms with Gasteiger partial charge in [-0.05, 0) is 5.53 Å². The minimum Gasteiger partial charge on any atom is -0.388 e. The predicted octanol–water partition coefficient (Wildman–Crippen LogP) is -0.523. The maximum absolute atomic E-state index is 13.3. The van der Waals surface area contributed by atoms with Crippen molar-refractivity contribution in [2.75, 3.05) is 12.3 Å². The van der Waals surface area contributed by atoms with Gasteiger partial charge in [0.05, 0.1) is 19.0 Å². The third-order valence-electron chi connectivity index (χ3n) is 3.36. The maximum Gasteiger partial charge on any atom is 0.312 e. The van der Waals surface area contributed by atoms with Crippen LogP contribution in [0.3, 0.4) is 0 Å². The van der Waals surface area contributed by atoms with Crippen LogP contribution in [-0.2, 0) is 4.74 Å². The van der Waals surface area contributed by atoms with Gasteiger partial charge in [-0.1, -0.05) is 5.11 Å². The SMILES string of the molecule is [N-]=[N+]=NC[C@H]1O[C@@H](n2cnc3c(N)nc(F)nc32)[C@H](O)[C@@H]1O. The minimum atomic E-state index is -1.34. The van der Waals surface area contributed by atoms with Gasteiger partial charge in [0.25, 0.3) is 0 Å². The van der Waals surface area contributed by atoms with E-state index in [1.165, 1.54) is 10.9 Å². The Morgan fingerprint density at radius 2 is 2.23 bits per heavy atom. The number of hydrogen-bond donors (Lipinski definition) is 3. The van der Waals surface area contributed by atoms with E-state index in [4.69, 9.17) is 16.0 Å². The molecule has 0 radical (unpaired) electrons. The summed E-state index contributed by atoms with van der Waals surface area (Å²) in [5, 5.41) is 23.3. The molecule has 11 nitrogen and oxygen atoms in total. The number of aromatic nitrogens is 4. The first kappa shape index (κ1) is 14.4. The average Bonchev–Trinajstić information content (AvgIpc) is 3.00. The van der Waals surface area contributed by atoms with Crippen LogP contribution in [0.4, 0.5) is 10.2 Å². The van der Waals surface area contributed by atoms with Crippen molar-refractivity contribution in [2.24, 2.45) is 5.11 Å². The standard InChI is InChI=1S/C10H11FN8O3/c11-10-16-7(12)4-8(17-10)19(2-14-4)9-6(21)5(20)3(22-9)1-15-18-13/h2-3,5-6,9,20-21H,1H2,(H2,12,16,17)/t3-,5-,6-,9-/m1/s1. The lowest BCUT2D eigenvalue weighted by Gasteiger charge is -2.16. The van der Waals surface area contributed by atoms with Crippen molar-refractivity contribution in [1.82, 2.24) is 19.5 Å². The number of nitrogens with two attached hydrogens (primary N) is 1. The van der Waals surface area contributed by atoms with Gasteiger partial charge in [0.2, 0.25) is 0 Å². The Hall–Kier alpha value is -2.53. The molecule has 0 saturated carbocycles. The van der Waals surface area contributed by atoms with E-state index in [9.17, 15) is 14.6 Å². The van der Waals surface area contributed by atoms with Crippen molar-refractivity contribution >= 4 is 17.0 Å². The van der Waals surface area contributed by atoms with Gasteiger partial charge in [-0.25, -0.2) is 4.98 Å². The lowest BCUT2D eigenvalue weighted by molar-refractivity contribution is -0.0322. The molecule has 3 heterocycles. The van der Waals surface area contributed by atoms with E-state index in [0.717, 1.165) is 0 Å². The third kappa shape index (κ3) is 2.19. The molecule has 2 aromatic rings. The molecule has 1 fully saturated rings. The van der Waals surface area contributed by atoms with Crippen LogP contribution in [0.1, 0.15) is 6.23 Å². The summed E-state index contributed by atoms with van der Waals surface area (Å²) in [4.78, 5) is 13.4. The fourth-order valence-electron chi connectivity index (χ4n) is 2.32. The summed E-state index contributed by atoms with van der Waals surface area (Å²) in [6.07, 6.45) is -4.41. The van der Waals surface area contributed by atoms with E-state index in [0.29, 0.717) is 0 Å². The minimum absolute atomic E-state index is 0.0192. The van der Waals surface area contributed by atoms with Crippen molar-refractivity contribution in [3.63, 3.8) is 0 Å². The van der Waals surface area contributed by atoms with Crippen molar-refractivity contribution in [1.29, 1.82) is 0 Å². The van der Waals surface area contributed by atoms with E-state index < -0.39 is 30.6 Å². The Bertz CT molecular complexity index is 760. The van der Waals surface area contributed by atoms with E-state index >= 15 is 0 Å². The number of anilines is 1. The lowest BCUT2D eigenvalue weighted by Crippen LogP contribution is -2.32. The largest absolute Gasteiger partial charge is 0.388 e. The smallest absolute Gasteiger partial charge is 0.312 e. The Kier molecular flexibility index (Phi) is 3.50. The third-order valence-corrected chi connectivity index (χ3v) is 3.36. The highest BCUT2D eigenvalue weighted by Gasteiger charge is 2.44. The van der Waals surface area contributed by atoms with E-state index in [-0.39, 0.29) is 23.5 Å². The number of aliphatic hydroxyl groups excluding tert-OH is 2. The van der Waals surface area contributed by atoms with E-state index in [1.807, 2.05) is 0 Å². The van der Waals surface area contributed by atoms with Gasteiger partial charge in [-0.15, -0.1) is 0 Å². The molecular weight excluding hydrogens is 299 g/mol. The van der Waals surface area contributed by atoms with Gasteiger partial charge < -0.3 is 20.7 Å². The molecule has 4 atom stereocenters. The number of aliphatic hydroxyl groups is 2. The van der Waals surface area contributed by atoms with Crippen molar-refractivity contribution in [3.8, 4) is 0 Å². The maximum atomic E-state index is 13.3. The van der Waals surface area contributed by atoms with Crippen molar-refractivity contribution < 1.29 is 19.3 Å². The molecule has 1 saturated heterocycles. The van der Waals surface area contributed by atoms with Gasteiger partial charge in [0.1, 0.15) is 12.2 Å². The zero-order valence-corrected chi connectivity index (χ0v) is 11.0. The summed E-state index contributed by atoms with van der Waals surface area (Å²) in [6, 6.07) is 0. The second kappa shape index (κ2) is 5.35. The molecule has 116 valence electrons. The molecule has 1 aliphatic heterocycles. The molecule has 22 heavy (non-hydrogen) atoms. The van der Waals surface area contributed by atoms with Crippen LogP contribution < -0.4 is 5.73 Å². The Balaban J connectivity index is 1.99. The van der Waals surface area contributed by atoms with Crippen LogP contribution in [0.15, 0.2) is 11.4 Å². The Morgan fingerprint density at radius 1 is 1.45 bits per heavy atom. The fraction of sp³-hybridized carbons (Fsp3) is 0.500. The second-order valence-corrected chi connectivity index (χ2v) is 4.66. The van der Waals surface area contributed by atoms with E-state index in [2.05, 4.69) is 25.0 Å². The highest BCUT2D eigenvalue weighted by Crippen LogP contribution is 2.32. The average molecular weight is 310 g/mol. The van der Waals surface area contributed by atoms with Crippen molar-refractivity contribution in [3.05, 3.63) is 22.8 Å². The number of azide groups is 1. The number of nitrogens with zero attached hydrogens (tertiary/aromatic N) is 7. The molecule has 0 aliphatic carbocycles. The number of fused-ring (bicyclic) bond motifs is 1. The van der Waals surface area contributed by atoms with Crippen LogP contribution in [0.5, 0.6) is 0 Å². The van der Waals surface area contributed by atoms with Crippen LogP contribution in [0, 0.1) is 6.08 Å². The molecule has 0 unspecified atom stereocenters. The molecule has 0 aromatic carbocycles. The van der Waals surface area contributed by atoms with Gasteiger partial charge >= 0.3 is 6.08 Å². The molecule has 0 spiro atoms. The molecular formula is C10H11FN8O3. The second-order valence-electron chi connectivity index (χ2n) is 4.66. The summed E-state index contributed by atoms with van der Waals surface area (Å²) >= 11 is 0. The monoisotopic (exact) mass is 310 g/mol. The molecule has 12 heteroatoms. The number of hydrogen-bond acceptors (Lipinski definition) is 8. The van der Waals surface area contributed by atoms with Crippen LogP contribution in [0.2, 0.25) is 0 Å². The number of imidazole rings is 1. The van der Waals surface area contributed by atoms with Crippen LogP contribution in [-0.4, -0.2) is 54.6 Å². The molecule has 1 aliphatic rings. The van der Waals surface area contributed by atoms with E-state index in [1.54, 1.807) is 0 Å². The summed E-state index contributed by atoms with van der Waals surface area (Å²) in [5.41, 5.74) is 14.0. The summed E-state index contributed by atoms with van der Waals surface area (Å²) in [6.45, 7) is -0.163. The molecule has 4 N–H and O–H groups in total. The van der Waals surface area contributed by atoms with Gasteiger partial charge in [-0.2, -0.15) is 14.4 Å². The summed E-state index contributed by atoms with van der Waals surface area (Å²) < 4.78 is 20.0. The zero-order chi connectivity index (χ0) is 15.9. The number of rotatable bonds is 3. The first-order chi connectivity index (χ1) is 10.5. The molecule has 3 rings (SSSR count). The fourth-order valence-corrected chi connectivity index (χ4v) is 2.32. The van der Waals surface area contributed by atoms with Crippen LogP contribution in [0.25, 0.3) is 21.6 Å². The predicted molar refractivity (Wildman–Crippen MR) is 69.6 cm³/mol. The van der Waals surface area contributed by atoms with Gasteiger partial charge in [0, 0.05) is 4.91 Å². The quantitative estimate of drug-likeness (QED) is 0.296. The first-order valence-electron chi connectivity index (χ1n) is 6.21. The van der Waals surface area contributed by atoms with Crippen LogP contribution >= 0.6 is 0 Å². The summed E-state index contributed by atoms with van der Waals surface area (Å²) in [7, 11) is 0. The Labute approximate surface area is 121 Å². The Morgan fingerprint density at radius 3 is 2.95 bits per heavy atom. The highest BCUT2D eigenvalue weighted by atomic mass is 19.1. The molecule has 2 aromatic heterocycles. The van der Waals surface area contributed by atoms with Crippen molar-refractivity contribution in [2.45, 2.75) is 24.5 Å². The normalized spacial score (nSPS) is 28.0. The number of ether oxygens (including phenoxy) is 1. The first-order valence-corrected chi connectivity index (χ1v) is 6.21. The summed E-state index contributed by atoms with van der Waals surface area (Å²) in [5.74, 6) is -0.153. The topological polar surface area (TPSA) is 168 Å². The molecule has 0 amide bonds.